The lowest BCUT2D eigenvalue weighted by molar-refractivity contribution is -0.107. The fourth-order valence-electron chi connectivity index (χ4n) is 0.855. The van der Waals surface area contributed by atoms with Crippen LogP contribution >= 0.6 is 0 Å². The van der Waals surface area contributed by atoms with Gasteiger partial charge in [-0.1, -0.05) is 6.07 Å². The van der Waals surface area contributed by atoms with Gasteiger partial charge in [0.1, 0.15) is 17.8 Å². The molecule has 0 unspecified atom stereocenters. The number of carbonyl (C=O) groups is 1. The second-order valence-corrected chi connectivity index (χ2v) is 2.15. The number of carbonyl (C=O) groups excluding carboxylic acids is 1. The average molecular weight is 152 g/mol. The molecule has 58 valence electrons. The highest BCUT2D eigenvalue weighted by Crippen LogP contribution is 2.25. The molecule has 3 heteroatoms. The van der Waals surface area contributed by atoms with E-state index in [1.807, 2.05) is 0 Å². The van der Waals surface area contributed by atoms with E-state index in [-0.39, 0.29) is 23.5 Å². The summed E-state index contributed by atoms with van der Waals surface area (Å²) in [4.78, 5) is 10.1. The second-order valence-electron chi connectivity index (χ2n) is 2.15. The van der Waals surface area contributed by atoms with Crippen LogP contribution in [0.4, 0.5) is 0 Å². The van der Waals surface area contributed by atoms with E-state index in [0.29, 0.717) is 6.29 Å². The Labute approximate surface area is 63.9 Å². The summed E-state index contributed by atoms with van der Waals surface area (Å²) in [6.07, 6.45) is 0.674. The summed E-state index contributed by atoms with van der Waals surface area (Å²) in [7, 11) is 0. The van der Waals surface area contributed by atoms with Crippen LogP contribution in [0.5, 0.6) is 11.5 Å². The molecular formula is C8H8O3. The maximum Gasteiger partial charge on any atom is 0.124 e. The lowest BCUT2D eigenvalue weighted by Gasteiger charge is -2.01. The molecule has 1 aromatic carbocycles. The van der Waals surface area contributed by atoms with Gasteiger partial charge in [-0.25, -0.2) is 0 Å². The van der Waals surface area contributed by atoms with Crippen LogP contribution in [-0.4, -0.2) is 16.5 Å². The zero-order valence-electron chi connectivity index (χ0n) is 5.82. The van der Waals surface area contributed by atoms with Crippen LogP contribution in [-0.2, 0) is 11.2 Å². The third-order valence-corrected chi connectivity index (χ3v) is 1.41. The Hall–Kier alpha value is -1.51. The van der Waals surface area contributed by atoms with Crippen molar-refractivity contribution < 1.29 is 15.0 Å². The first-order valence-electron chi connectivity index (χ1n) is 3.19. The highest BCUT2D eigenvalue weighted by atomic mass is 16.3. The predicted molar refractivity (Wildman–Crippen MR) is 39.5 cm³/mol. The number of hydrogen-bond acceptors (Lipinski definition) is 3. The minimum atomic E-state index is -0.0444. The van der Waals surface area contributed by atoms with Gasteiger partial charge in [0.25, 0.3) is 0 Å². The molecule has 0 aliphatic heterocycles. The quantitative estimate of drug-likeness (QED) is 0.617. The van der Waals surface area contributed by atoms with E-state index in [4.69, 9.17) is 10.2 Å². The summed E-state index contributed by atoms with van der Waals surface area (Å²) in [5.74, 6) is -0.0887. The first-order chi connectivity index (χ1) is 5.25. The number of benzene rings is 1. The maximum absolute atomic E-state index is 10.1. The van der Waals surface area contributed by atoms with Crippen LogP contribution < -0.4 is 0 Å². The van der Waals surface area contributed by atoms with E-state index in [2.05, 4.69) is 0 Å². The van der Waals surface area contributed by atoms with Crippen molar-refractivity contribution in [2.45, 2.75) is 6.42 Å². The van der Waals surface area contributed by atoms with Crippen molar-refractivity contribution in [1.82, 2.24) is 0 Å². The zero-order valence-corrected chi connectivity index (χ0v) is 5.82. The SMILES string of the molecule is O=CCc1c(O)cccc1O. The third kappa shape index (κ3) is 1.49. The first kappa shape index (κ1) is 7.60. The average Bonchev–Trinajstić information content (AvgIpc) is 1.97. The largest absolute Gasteiger partial charge is 0.508 e. The second kappa shape index (κ2) is 3.05. The minimum Gasteiger partial charge on any atom is -0.508 e. The molecule has 0 aliphatic carbocycles. The predicted octanol–water partition coefficient (Wildman–Crippen LogP) is 0.839. The molecule has 1 rings (SSSR count). The summed E-state index contributed by atoms with van der Waals surface area (Å²) in [6, 6.07) is 4.37. The van der Waals surface area contributed by atoms with Crippen LogP contribution in [0, 0.1) is 0 Å². The summed E-state index contributed by atoms with van der Waals surface area (Å²) in [5, 5.41) is 18.2. The third-order valence-electron chi connectivity index (χ3n) is 1.41. The molecule has 0 atom stereocenters. The number of rotatable bonds is 2. The van der Waals surface area contributed by atoms with Gasteiger partial charge in [0.2, 0.25) is 0 Å². The molecule has 0 saturated carbocycles. The molecule has 11 heavy (non-hydrogen) atoms. The van der Waals surface area contributed by atoms with Crippen molar-refractivity contribution in [2.75, 3.05) is 0 Å². The highest BCUT2D eigenvalue weighted by molar-refractivity contribution is 5.60. The van der Waals surface area contributed by atoms with Gasteiger partial charge < -0.3 is 15.0 Å². The van der Waals surface area contributed by atoms with Gasteiger partial charge in [-0.3, -0.25) is 0 Å². The van der Waals surface area contributed by atoms with E-state index in [1.165, 1.54) is 18.2 Å². The summed E-state index contributed by atoms with van der Waals surface area (Å²) < 4.78 is 0. The number of phenolic OH excluding ortho intramolecular Hbond substituents is 2. The number of hydrogen-bond donors (Lipinski definition) is 2. The number of phenols is 2. The molecule has 0 aromatic heterocycles. The highest BCUT2D eigenvalue weighted by Gasteiger charge is 2.04. The van der Waals surface area contributed by atoms with Gasteiger partial charge in [-0.2, -0.15) is 0 Å². The van der Waals surface area contributed by atoms with Crippen LogP contribution in [0.25, 0.3) is 0 Å². The molecule has 0 spiro atoms. The van der Waals surface area contributed by atoms with E-state index < -0.39 is 0 Å². The van der Waals surface area contributed by atoms with Gasteiger partial charge in [-0.05, 0) is 12.1 Å². The Morgan fingerprint density at radius 1 is 1.27 bits per heavy atom. The summed E-state index contributed by atoms with van der Waals surface area (Å²) >= 11 is 0. The lowest BCUT2D eigenvalue weighted by atomic mass is 10.1. The standard InChI is InChI=1S/C8H8O3/c9-5-4-6-7(10)2-1-3-8(6)11/h1-3,5,10-11H,4H2. The minimum absolute atomic E-state index is 0.0402. The number of aldehydes is 1. The Morgan fingerprint density at radius 2 is 1.82 bits per heavy atom. The van der Waals surface area contributed by atoms with Crippen molar-refractivity contribution >= 4 is 6.29 Å². The van der Waals surface area contributed by atoms with Crippen molar-refractivity contribution in [3.8, 4) is 11.5 Å². The van der Waals surface area contributed by atoms with Gasteiger partial charge >= 0.3 is 0 Å². The fraction of sp³-hybridized carbons (Fsp3) is 0.125. The van der Waals surface area contributed by atoms with Gasteiger partial charge in [0, 0.05) is 12.0 Å². The molecule has 0 saturated heterocycles. The van der Waals surface area contributed by atoms with Crippen LogP contribution in [0.2, 0.25) is 0 Å². The van der Waals surface area contributed by atoms with E-state index >= 15 is 0 Å². The Kier molecular flexibility index (Phi) is 2.11. The molecule has 3 nitrogen and oxygen atoms in total. The lowest BCUT2D eigenvalue weighted by Crippen LogP contribution is -1.86. The van der Waals surface area contributed by atoms with Crippen molar-refractivity contribution in [3.63, 3.8) is 0 Å². The van der Waals surface area contributed by atoms with Crippen molar-refractivity contribution in [3.05, 3.63) is 23.8 Å². The molecule has 0 amide bonds. The van der Waals surface area contributed by atoms with Crippen molar-refractivity contribution in [1.29, 1.82) is 0 Å². The molecule has 2 N–H and O–H groups in total. The van der Waals surface area contributed by atoms with Crippen LogP contribution in [0.15, 0.2) is 18.2 Å². The zero-order chi connectivity index (χ0) is 8.27. The molecule has 1 aromatic rings. The first-order valence-corrected chi connectivity index (χ1v) is 3.19. The van der Waals surface area contributed by atoms with Gasteiger partial charge in [0.15, 0.2) is 0 Å². The van der Waals surface area contributed by atoms with Crippen LogP contribution in [0.3, 0.4) is 0 Å². The molecule has 0 bridgehead atoms. The molecule has 0 aliphatic rings. The maximum atomic E-state index is 10.1. The fourth-order valence-corrected chi connectivity index (χ4v) is 0.855. The summed E-state index contributed by atoms with van der Waals surface area (Å²) in [5.41, 5.74) is 0.280. The topological polar surface area (TPSA) is 57.5 Å². The Balaban J connectivity index is 3.09. The monoisotopic (exact) mass is 152 g/mol. The number of aromatic hydroxyl groups is 2. The van der Waals surface area contributed by atoms with E-state index in [0.717, 1.165) is 0 Å². The Morgan fingerprint density at radius 3 is 2.27 bits per heavy atom. The van der Waals surface area contributed by atoms with Crippen molar-refractivity contribution in [2.24, 2.45) is 0 Å². The van der Waals surface area contributed by atoms with E-state index in [9.17, 15) is 4.79 Å². The smallest absolute Gasteiger partial charge is 0.124 e. The normalized spacial score (nSPS) is 9.45. The molecule has 0 fully saturated rings. The Bertz CT molecular complexity index is 248. The van der Waals surface area contributed by atoms with Gasteiger partial charge in [0.05, 0.1) is 0 Å². The van der Waals surface area contributed by atoms with E-state index in [1.54, 1.807) is 0 Å². The molecule has 0 radical (unpaired) electrons. The van der Waals surface area contributed by atoms with Gasteiger partial charge in [-0.15, -0.1) is 0 Å². The molecular weight excluding hydrogens is 144 g/mol. The van der Waals surface area contributed by atoms with Crippen LogP contribution in [0.1, 0.15) is 5.56 Å². The summed E-state index contributed by atoms with van der Waals surface area (Å²) in [6.45, 7) is 0. The molecule has 0 heterocycles.